The van der Waals surface area contributed by atoms with E-state index < -0.39 is 11.6 Å². The number of aliphatic hydroxyl groups is 1. The number of nitrogens with zero attached hydrogens (tertiary/aromatic N) is 2. The molecule has 0 radical (unpaired) electrons. The van der Waals surface area contributed by atoms with Crippen LogP contribution in [0.3, 0.4) is 0 Å². The molecule has 0 fully saturated rings. The Kier molecular flexibility index (Phi) is 5.82. The summed E-state index contributed by atoms with van der Waals surface area (Å²) in [5.74, 6) is -0.754. The van der Waals surface area contributed by atoms with Crippen LogP contribution in [0.2, 0.25) is 0 Å². The molecule has 0 bridgehead atoms. The third kappa shape index (κ3) is 4.26. The number of hydrogen-bond acceptors (Lipinski definition) is 6. The Morgan fingerprint density at radius 2 is 2.20 bits per heavy atom. The third-order valence-corrected chi connectivity index (χ3v) is 4.85. The topological polar surface area (TPSA) is 70.1 Å². The number of aliphatic hydroxyl groups excluding tert-OH is 1. The molecule has 2 aromatic rings. The fraction of sp³-hybridized carbons (Fsp3) is 0.412. The van der Waals surface area contributed by atoms with E-state index >= 15 is 0 Å². The van der Waals surface area contributed by atoms with Gasteiger partial charge in [-0.2, -0.15) is 0 Å². The Bertz CT molecular complexity index is 760. The highest BCUT2D eigenvalue weighted by Gasteiger charge is 2.19. The second-order valence-electron chi connectivity index (χ2n) is 5.94. The van der Waals surface area contributed by atoms with Crippen LogP contribution in [0.5, 0.6) is 0 Å². The smallest absolute Gasteiger partial charge is 0.190 e. The average molecular weight is 366 g/mol. The van der Waals surface area contributed by atoms with Crippen molar-refractivity contribution in [3.8, 4) is 0 Å². The largest absolute Gasteiger partial charge is 0.394 e. The Hall–Kier alpha value is -1.77. The van der Waals surface area contributed by atoms with Gasteiger partial charge in [0.25, 0.3) is 0 Å². The highest BCUT2D eigenvalue weighted by molar-refractivity contribution is 7.98. The number of aromatic nitrogens is 2. The summed E-state index contributed by atoms with van der Waals surface area (Å²) in [6.07, 6.45) is 0.780. The fourth-order valence-electron chi connectivity index (χ4n) is 2.59. The Labute approximate surface area is 149 Å². The SMILES string of the molecule is C[C@H](CO)Nc1nc(SCc2cccc(F)c2F)nc2c1CNCC2. The van der Waals surface area contributed by atoms with Gasteiger partial charge < -0.3 is 15.7 Å². The lowest BCUT2D eigenvalue weighted by Gasteiger charge is -2.22. The number of rotatable bonds is 6. The second-order valence-corrected chi connectivity index (χ2v) is 6.88. The molecular weight excluding hydrogens is 346 g/mol. The number of thioether (sulfide) groups is 1. The maximum Gasteiger partial charge on any atom is 0.190 e. The van der Waals surface area contributed by atoms with Crippen LogP contribution >= 0.6 is 11.8 Å². The van der Waals surface area contributed by atoms with Gasteiger partial charge in [-0.05, 0) is 13.0 Å². The van der Waals surface area contributed by atoms with Crippen LogP contribution in [0.25, 0.3) is 0 Å². The molecule has 0 aliphatic carbocycles. The molecule has 0 saturated heterocycles. The van der Waals surface area contributed by atoms with Crippen molar-refractivity contribution in [1.82, 2.24) is 15.3 Å². The normalized spacial score (nSPS) is 14.9. The van der Waals surface area contributed by atoms with Gasteiger partial charge in [-0.3, -0.25) is 0 Å². The van der Waals surface area contributed by atoms with Gasteiger partial charge in [-0.1, -0.05) is 23.9 Å². The molecule has 3 N–H and O–H groups in total. The van der Waals surface area contributed by atoms with E-state index in [0.29, 0.717) is 17.5 Å². The minimum Gasteiger partial charge on any atom is -0.394 e. The van der Waals surface area contributed by atoms with Crippen LogP contribution < -0.4 is 10.6 Å². The molecule has 3 rings (SSSR count). The van der Waals surface area contributed by atoms with Crippen molar-refractivity contribution in [3.05, 3.63) is 46.7 Å². The molecule has 0 saturated carbocycles. The maximum atomic E-state index is 13.8. The van der Waals surface area contributed by atoms with E-state index in [0.717, 1.165) is 30.3 Å². The second kappa shape index (κ2) is 8.07. The molecule has 0 spiro atoms. The van der Waals surface area contributed by atoms with Gasteiger partial charge in [-0.25, -0.2) is 18.7 Å². The Balaban J connectivity index is 1.83. The molecule has 1 aliphatic heterocycles. The first-order valence-corrected chi connectivity index (χ1v) is 9.10. The molecule has 8 heteroatoms. The minimum absolute atomic E-state index is 0.0107. The molecule has 0 unspecified atom stereocenters. The number of hydrogen-bond donors (Lipinski definition) is 3. The summed E-state index contributed by atoms with van der Waals surface area (Å²) < 4.78 is 27.1. The zero-order valence-electron chi connectivity index (χ0n) is 13.9. The van der Waals surface area contributed by atoms with Crippen molar-refractivity contribution < 1.29 is 13.9 Å². The summed E-state index contributed by atoms with van der Waals surface area (Å²) in [6.45, 7) is 3.35. The van der Waals surface area contributed by atoms with Gasteiger partial charge in [0, 0.05) is 42.4 Å². The first-order chi connectivity index (χ1) is 12.1. The molecule has 1 aromatic heterocycles. The van der Waals surface area contributed by atoms with Crippen LogP contribution in [0.1, 0.15) is 23.7 Å². The van der Waals surface area contributed by atoms with E-state index in [-0.39, 0.29) is 24.0 Å². The highest BCUT2D eigenvalue weighted by atomic mass is 32.2. The standard InChI is InChI=1S/C17H20F2N4OS/c1-10(8-24)21-16-12-7-20-6-5-14(12)22-17(23-16)25-9-11-3-2-4-13(18)15(11)19/h2-4,10,20,24H,5-9H2,1H3,(H,21,22,23)/t10-/m1/s1. The lowest BCUT2D eigenvalue weighted by atomic mass is 10.1. The predicted octanol–water partition coefficient (Wildman–Crippen LogP) is 2.49. The van der Waals surface area contributed by atoms with Gasteiger partial charge in [0.05, 0.1) is 12.3 Å². The molecule has 2 heterocycles. The molecule has 1 aromatic carbocycles. The highest BCUT2D eigenvalue weighted by Crippen LogP contribution is 2.27. The lowest BCUT2D eigenvalue weighted by molar-refractivity contribution is 0.281. The van der Waals surface area contributed by atoms with Gasteiger partial charge in [0.1, 0.15) is 5.82 Å². The summed E-state index contributed by atoms with van der Waals surface area (Å²) >= 11 is 1.27. The third-order valence-electron chi connectivity index (χ3n) is 3.96. The first-order valence-electron chi connectivity index (χ1n) is 8.12. The van der Waals surface area contributed by atoms with E-state index in [1.807, 2.05) is 6.92 Å². The molecule has 1 aliphatic rings. The Morgan fingerprint density at radius 1 is 1.36 bits per heavy atom. The average Bonchev–Trinajstić information content (AvgIpc) is 2.63. The molecule has 25 heavy (non-hydrogen) atoms. The first kappa shape index (κ1) is 18.0. The molecule has 1 atom stereocenters. The number of benzene rings is 1. The van der Waals surface area contributed by atoms with Crippen LogP contribution in [-0.2, 0) is 18.7 Å². The summed E-state index contributed by atoms with van der Waals surface area (Å²) in [5, 5.41) is 16.3. The van der Waals surface area contributed by atoms with Crippen molar-refractivity contribution in [1.29, 1.82) is 0 Å². The molecular formula is C17H20F2N4OS. The van der Waals surface area contributed by atoms with Crippen molar-refractivity contribution >= 4 is 17.6 Å². The minimum atomic E-state index is -0.852. The number of halogens is 2. The molecule has 134 valence electrons. The van der Waals surface area contributed by atoms with Gasteiger partial charge in [0.15, 0.2) is 16.8 Å². The van der Waals surface area contributed by atoms with E-state index in [4.69, 9.17) is 0 Å². The van der Waals surface area contributed by atoms with E-state index in [1.165, 1.54) is 17.8 Å². The molecule has 5 nitrogen and oxygen atoms in total. The van der Waals surface area contributed by atoms with Crippen molar-refractivity contribution in [3.63, 3.8) is 0 Å². The van der Waals surface area contributed by atoms with Gasteiger partial charge in [0.2, 0.25) is 0 Å². The van der Waals surface area contributed by atoms with Crippen molar-refractivity contribution in [2.75, 3.05) is 18.5 Å². The quantitative estimate of drug-likeness (QED) is 0.539. The Morgan fingerprint density at radius 3 is 3.00 bits per heavy atom. The molecule has 0 amide bonds. The summed E-state index contributed by atoms with van der Waals surface area (Å²) in [6, 6.07) is 4.01. The van der Waals surface area contributed by atoms with E-state index in [9.17, 15) is 13.9 Å². The van der Waals surface area contributed by atoms with Crippen LogP contribution in [0, 0.1) is 11.6 Å². The maximum absolute atomic E-state index is 13.8. The van der Waals surface area contributed by atoms with Crippen molar-refractivity contribution in [2.24, 2.45) is 0 Å². The lowest BCUT2D eigenvalue weighted by Crippen LogP contribution is -2.29. The van der Waals surface area contributed by atoms with Gasteiger partial charge >= 0.3 is 0 Å². The zero-order chi connectivity index (χ0) is 17.8. The van der Waals surface area contributed by atoms with Gasteiger partial charge in [-0.15, -0.1) is 0 Å². The summed E-state index contributed by atoms with van der Waals surface area (Å²) in [4.78, 5) is 9.08. The van der Waals surface area contributed by atoms with E-state index in [2.05, 4.69) is 20.6 Å². The van der Waals surface area contributed by atoms with Crippen molar-refractivity contribution in [2.45, 2.75) is 36.8 Å². The monoisotopic (exact) mass is 366 g/mol. The summed E-state index contributed by atoms with van der Waals surface area (Å²) in [5.41, 5.74) is 2.22. The zero-order valence-corrected chi connectivity index (χ0v) is 14.7. The van der Waals surface area contributed by atoms with Crippen LogP contribution in [0.15, 0.2) is 23.4 Å². The summed E-state index contributed by atoms with van der Waals surface area (Å²) in [7, 11) is 0. The van der Waals surface area contributed by atoms with E-state index in [1.54, 1.807) is 6.07 Å². The number of nitrogens with one attached hydrogen (secondary N) is 2. The predicted molar refractivity (Wildman–Crippen MR) is 93.5 cm³/mol. The van der Waals surface area contributed by atoms with Crippen LogP contribution in [-0.4, -0.2) is 34.3 Å². The fourth-order valence-corrected chi connectivity index (χ4v) is 3.42. The number of fused-ring (bicyclic) bond motifs is 1. The van der Waals surface area contributed by atoms with Crippen LogP contribution in [0.4, 0.5) is 14.6 Å². The number of anilines is 1.